The highest BCUT2D eigenvalue weighted by molar-refractivity contribution is 5.96. The molecule has 0 aromatic heterocycles. The molecule has 0 radical (unpaired) electrons. The maximum atomic E-state index is 12.8. The second-order valence-electron chi connectivity index (χ2n) is 9.37. The summed E-state index contributed by atoms with van der Waals surface area (Å²) in [4.78, 5) is 38.4. The van der Waals surface area contributed by atoms with Gasteiger partial charge in [0, 0.05) is 25.3 Å². The zero-order valence-corrected chi connectivity index (χ0v) is 16.9. The van der Waals surface area contributed by atoms with Crippen LogP contribution >= 0.6 is 0 Å². The van der Waals surface area contributed by atoms with Crippen molar-refractivity contribution in [1.82, 2.24) is 4.90 Å². The number of hydrogen-bond donors (Lipinski definition) is 2. The van der Waals surface area contributed by atoms with Crippen molar-refractivity contribution in [3.8, 4) is 0 Å². The van der Waals surface area contributed by atoms with Crippen LogP contribution in [-0.4, -0.2) is 54.1 Å². The minimum Gasteiger partial charge on any atom is -0.455 e. The van der Waals surface area contributed by atoms with Crippen molar-refractivity contribution in [3.63, 3.8) is 0 Å². The van der Waals surface area contributed by atoms with Crippen LogP contribution in [0.3, 0.4) is 0 Å². The zero-order valence-electron chi connectivity index (χ0n) is 16.9. The predicted molar refractivity (Wildman–Crippen MR) is 106 cm³/mol. The second kappa shape index (κ2) is 7.13. The number of hydrogen-bond acceptors (Lipinski definition) is 5. The number of nitrogens with one attached hydrogen (secondary N) is 1. The molecule has 0 heterocycles. The van der Waals surface area contributed by atoms with Gasteiger partial charge in [0.05, 0.1) is 11.0 Å². The van der Waals surface area contributed by atoms with Gasteiger partial charge in [-0.05, 0) is 74.6 Å². The number of carbonyl (C=O) groups is 3. The van der Waals surface area contributed by atoms with Crippen molar-refractivity contribution in [2.45, 2.75) is 44.1 Å². The molecule has 7 heteroatoms. The molecule has 2 N–H and O–H groups in total. The lowest BCUT2D eigenvalue weighted by atomic mass is 9.48. The third-order valence-electron chi connectivity index (χ3n) is 6.62. The zero-order chi connectivity index (χ0) is 20.8. The average molecular weight is 400 g/mol. The van der Waals surface area contributed by atoms with Gasteiger partial charge in [-0.25, -0.2) is 0 Å². The van der Waals surface area contributed by atoms with Crippen LogP contribution in [-0.2, 0) is 14.3 Å². The number of esters is 1. The van der Waals surface area contributed by atoms with Crippen LogP contribution in [0, 0.1) is 17.3 Å². The van der Waals surface area contributed by atoms with Gasteiger partial charge in [-0.15, -0.1) is 0 Å². The Morgan fingerprint density at radius 1 is 1.10 bits per heavy atom. The Morgan fingerprint density at radius 3 is 2.28 bits per heavy atom. The van der Waals surface area contributed by atoms with Crippen LogP contribution in [0.5, 0.6) is 0 Å². The first-order chi connectivity index (χ1) is 13.7. The van der Waals surface area contributed by atoms with Gasteiger partial charge in [-0.3, -0.25) is 14.4 Å². The highest BCUT2D eigenvalue weighted by Gasteiger charge is 2.60. The number of anilines is 1. The summed E-state index contributed by atoms with van der Waals surface area (Å²) in [6, 6.07) is 6.57. The highest BCUT2D eigenvalue weighted by atomic mass is 16.5. The molecule has 29 heavy (non-hydrogen) atoms. The summed E-state index contributed by atoms with van der Waals surface area (Å²) in [6.45, 7) is -0.354. The minimum absolute atomic E-state index is 0.117. The third-order valence-corrected chi connectivity index (χ3v) is 6.62. The molecule has 5 rings (SSSR count). The first kappa shape index (κ1) is 19.9. The Kier molecular flexibility index (Phi) is 4.89. The molecular weight excluding hydrogens is 372 g/mol. The lowest BCUT2D eigenvalue weighted by molar-refractivity contribution is -0.196. The molecule has 2 unspecified atom stereocenters. The lowest BCUT2D eigenvalue weighted by Gasteiger charge is -2.58. The summed E-state index contributed by atoms with van der Waals surface area (Å²) in [6.07, 6.45) is 4.62. The largest absolute Gasteiger partial charge is 0.455 e. The Balaban J connectivity index is 1.32. The van der Waals surface area contributed by atoms with Crippen molar-refractivity contribution in [3.05, 3.63) is 29.8 Å². The van der Waals surface area contributed by atoms with Crippen LogP contribution in [0.1, 0.15) is 48.9 Å². The molecular formula is C22H28N2O5. The summed E-state index contributed by atoms with van der Waals surface area (Å²) < 4.78 is 5.38. The molecule has 156 valence electrons. The van der Waals surface area contributed by atoms with Gasteiger partial charge in [-0.2, -0.15) is 0 Å². The molecule has 7 nitrogen and oxygen atoms in total. The number of nitrogens with zero attached hydrogens (tertiary/aromatic N) is 1. The highest BCUT2D eigenvalue weighted by Crippen LogP contribution is 2.61. The van der Waals surface area contributed by atoms with Gasteiger partial charge in [0.2, 0.25) is 0 Å². The van der Waals surface area contributed by atoms with Gasteiger partial charge in [0.15, 0.2) is 6.61 Å². The van der Waals surface area contributed by atoms with E-state index in [1.165, 1.54) is 4.90 Å². The average Bonchev–Trinajstić information content (AvgIpc) is 2.64. The van der Waals surface area contributed by atoms with Gasteiger partial charge >= 0.3 is 5.97 Å². The van der Waals surface area contributed by atoms with E-state index < -0.39 is 16.9 Å². The standard InChI is InChI=1S/C22H28N2O5/c1-24(2)19(26)16-3-5-17(6-4-16)23-18(25)12-29-20(27)21-8-14-7-15(9-21)11-22(28,10-14)13-21/h3-6,14-15,28H,7-13H2,1-2H3,(H,23,25)/t14-,15+,21?,22?. The van der Waals surface area contributed by atoms with E-state index >= 15 is 0 Å². The fourth-order valence-corrected chi connectivity index (χ4v) is 5.89. The normalized spacial score (nSPS) is 32.0. The lowest BCUT2D eigenvalue weighted by Crippen LogP contribution is -2.58. The van der Waals surface area contributed by atoms with Crippen molar-refractivity contribution in [2.75, 3.05) is 26.0 Å². The van der Waals surface area contributed by atoms with Crippen LogP contribution in [0.25, 0.3) is 0 Å². The van der Waals surface area contributed by atoms with Gasteiger partial charge in [0.1, 0.15) is 0 Å². The molecule has 0 aliphatic heterocycles. The van der Waals surface area contributed by atoms with Gasteiger partial charge in [0.25, 0.3) is 11.8 Å². The van der Waals surface area contributed by atoms with E-state index in [9.17, 15) is 19.5 Å². The Hall–Kier alpha value is -2.41. The molecule has 0 saturated heterocycles. The Labute approximate surface area is 170 Å². The smallest absolute Gasteiger partial charge is 0.312 e. The van der Waals surface area contributed by atoms with E-state index in [-0.39, 0.29) is 18.5 Å². The quantitative estimate of drug-likeness (QED) is 0.739. The van der Waals surface area contributed by atoms with E-state index in [2.05, 4.69) is 5.32 Å². The summed E-state index contributed by atoms with van der Waals surface area (Å²) in [7, 11) is 3.35. The van der Waals surface area contributed by atoms with Crippen LogP contribution in [0.2, 0.25) is 0 Å². The van der Waals surface area contributed by atoms with Crippen LogP contribution < -0.4 is 5.32 Å². The number of rotatable bonds is 5. The fraction of sp³-hybridized carbons (Fsp3) is 0.591. The van der Waals surface area contributed by atoms with E-state index in [4.69, 9.17) is 4.74 Å². The monoisotopic (exact) mass is 400 g/mol. The maximum absolute atomic E-state index is 12.8. The molecule has 1 aromatic rings. The van der Waals surface area contributed by atoms with Gasteiger partial charge < -0.3 is 20.1 Å². The molecule has 4 atom stereocenters. The van der Waals surface area contributed by atoms with Crippen molar-refractivity contribution in [2.24, 2.45) is 17.3 Å². The molecule has 4 aliphatic rings. The molecule has 4 bridgehead atoms. The van der Waals surface area contributed by atoms with E-state index in [0.717, 1.165) is 32.1 Å². The summed E-state index contributed by atoms with van der Waals surface area (Å²) in [5.41, 5.74) is -0.311. The minimum atomic E-state index is -0.739. The van der Waals surface area contributed by atoms with Crippen molar-refractivity contribution >= 4 is 23.5 Å². The molecule has 0 spiro atoms. The molecule has 1 aromatic carbocycles. The van der Waals surface area contributed by atoms with Gasteiger partial charge in [-0.1, -0.05) is 0 Å². The molecule has 4 fully saturated rings. The number of carbonyl (C=O) groups excluding carboxylic acids is 3. The first-order valence-corrected chi connectivity index (χ1v) is 10.2. The third kappa shape index (κ3) is 3.88. The Bertz CT molecular complexity index is 818. The summed E-state index contributed by atoms with van der Waals surface area (Å²) in [5, 5.41) is 13.5. The van der Waals surface area contributed by atoms with E-state index in [0.29, 0.717) is 29.5 Å². The van der Waals surface area contributed by atoms with E-state index in [1.807, 2.05) is 0 Å². The maximum Gasteiger partial charge on any atom is 0.312 e. The first-order valence-electron chi connectivity index (χ1n) is 10.2. The second-order valence-corrected chi connectivity index (χ2v) is 9.37. The van der Waals surface area contributed by atoms with E-state index in [1.54, 1.807) is 38.4 Å². The predicted octanol–water partition coefficient (Wildman–Crippen LogP) is 2.20. The summed E-state index contributed by atoms with van der Waals surface area (Å²) in [5.74, 6) is -0.133. The van der Waals surface area contributed by atoms with Crippen LogP contribution in [0.15, 0.2) is 24.3 Å². The number of benzene rings is 1. The molecule has 2 amide bonds. The van der Waals surface area contributed by atoms with Crippen molar-refractivity contribution < 1.29 is 24.2 Å². The molecule has 4 aliphatic carbocycles. The van der Waals surface area contributed by atoms with Crippen LogP contribution in [0.4, 0.5) is 5.69 Å². The number of amides is 2. The summed E-state index contributed by atoms with van der Waals surface area (Å²) >= 11 is 0. The Morgan fingerprint density at radius 2 is 1.72 bits per heavy atom. The number of aliphatic hydroxyl groups is 1. The number of ether oxygens (including phenoxy) is 1. The SMILES string of the molecule is CN(C)C(=O)c1ccc(NC(=O)COC(=O)C23C[C@@H]4C[C@@H](CC(O)(C4)C2)C3)cc1. The fourth-order valence-electron chi connectivity index (χ4n) is 5.89. The van der Waals surface area contributed by atoms with Crippen molar-refractivity contribution in [1.29, 1.82) is 0 Å². The molecule has 4 saturated carbocycles. The topological polar surface area (TPSA) is 95.9 Å².